The van der Waals surface area contributed by atoms with E-state index in [9.17, 15) is 13.2 Å². The second-order valence-electron chi connectivity index (χ2n) is 2.58. The fourth-order valence-corrected chi connectivity index (χ4v) is 1.26. The highest BCUT2D eigenvalue weighted by Crippen LogP contribution is 2.36. The molecule has 0 aromatic carbocycles. The summed E-state index contributed by atoms with van der Waals surface area (Å²) < 4.78 is 41.0. The van der Waals surface area contributed by atoms with Gasteiger partial charge in [0, 0.05) is 13.2 Å². The Labute approximate surface area is 74.7 Å². The molecule has 1 rings (SSSR count). The van der Waals surface area contributed by atoms with Gasteiger partial charge in [-0.15, -0.1) is 12.4 Å². The van der Waals surface area contributed by atoms with E-state index >= 15 is 0 Å². The first-order valence-electron chi connectivity index (χ1n) is 3.44. The van der Waals surface area contributed by atoms with Crippen LogP contribution in [-0.4, -0.2) is 25.4 Å². The van der Waals surface area contributed by atoms with Crippen LogP contribution in [0.15, 0.2) is 0 Å². The Hall–Kier alpha value is -0.0000000000000000555. The van der Waals surface area contributed by atoms with Crippen LogP contribution < -0.4 is 5.73 Å². The summed E-state index contributed by atoms with van der Waals surface area (Å²) in [7, 11) is 0. The van der Waals surface area contributed by atoms with Crippen molar-refractivity contribution in [1.29, 1.82) is 0 Å². The highest BCUT2D eigenvalue weighted by Gasteiger charge is 2.47. The van der Waals surface area contributed by atoms with E-state index in [-0.39, 0.29) is 32.0 Å². The molecule has 0 radical (unpaired) electrons. The summed E-state index contributed by atoms with van der Waals surface area (Å²) in [6.45, 7) is 0.121. The second kappa shape index (κ2) is 4.30. The van der Waals surface area contributed by atoms with Gasteiger partial charge in [-0.2, -0.15) is 13.2 Å². The SMILES string of the molecule is Cl.NC[C@@H]1OCC[C@H]1C(F)(F)F. The average Bonchev–Trinajstić information content (AvgIpc) is 2.31. The number of nitrogens with two attached hydrogens (primary N) is 1. The summed E-state index contributed by atoms with van der Waals surface area (Å²) in [6, 6.07) is 0. The maximum atomic E-state index is 12.1. The predicted octanol–water partition coefficient (Wildman–Crippen LogP) is 1.33. The fourth-order valence-electron chi connectivity index (χ4n) is 1.26. The van der Waals surface area contributed by atoms with Crippen molar-refractivity contribution in [3.8, 4) is 0 Å². The van der Waals surface area contributed by atoms with Crippen LogP contribution in [0.3, 0.4) is 0 Å². The van der Waals surface area contributed by atoms with Gasteiger partial charge in [0.1, 0.15) is 0 Å². The molecule has 0 aliphatic carbocycles. The predicted molar refractivity (Wildman–Crippen MR) is 40.2 cm³/mol. The molecule has 0 aromatic rings. The Bertz CT molecular complexity index is 141. The number of halogens is 4. The number of hydrogen-bond acceptors (Lipinski definition) is 2. The Morgan fingerprint density at radius 3 is 2.33 bits per heavy atom. The number of rotatable bonds is 1. The van der Waals surface area contributed by atoms with E-state index in [4.69, 9.17) is 10.5 Å². The molecule has 0 spiro atoms. The molecule has 1 aliphatic rings. The van der Waals surface area contributed by atoms with Gasteiger partial charge in [-0.3, -0.25) is 0 Å². The normalized spacial score (nSPS) is 30.0. The van der Waals surface area contributed by atoms with Crippen LogP contribution in [-0.2, 0) is 4.74 Å². The van der Waals surface area contributed by atoms with Crippen molar-refractivity contribution < 1.29 is 17.9 Å². The van der Waals surface area contributed by atoms with Gasteiger partial charge < -0.3 is 10.5 Å². The Balaban J connectivity index is 0.00000121. The van der Waals surface area contributed by atoms with Crippen molar-refractivity contribution in [2.24, 2.45) is 11.7 Å². The van der Waals surface area contributed by atoms with Crippen molar-refractivity contribution in [2.45, 2.75) is 18.7 Å². The van der Waals surface area contributed by atoms with E-state index in [1.165, 1.54) is 0 Å². The minimum absolute atomic E-state index is 0. The zero-order valence-corrected chi connectivity index (χ0v) is 7.12. The quantitative estimate of drug-likeness (QED) is 0.701. The molecule has 0 aromatic heterocycles. The summed E-state index contributed by atoms with van der Waals surface area (Å²) in [5, 5.41) is 0. The van der Waals surface area contributed by atoms with Crippen LogP contribution in [0.1, 0.15) is 6.42 Å². The van der Waals surface area contributed by atoms with Crippen molar-refractivity contribution in [2.75, 3.05) is 13.2 Å². The van der Waals surface area contributed by atoms with Gasteiger partial charge in [0.2, 0.25) is 0 Å². The first-order valence-corrected chi connectivity index (χ1v) is 3.44. The summed E-state index contributed by atoms with van der Waals surface area (Å²) in [6.07, 6.45) is -4.93. The molecule has 2 atom stereocenters. The van der Waals surface area contributed by atoms with Gasteiger partial charge in [0.05, 0.1) is 12.0 Å². The summed E-state index contributed by atoms with van der Waals surface area (Å²) >= 11 is 0. The molecule has 0 amide bonds. The van der Waals surface area contributed by atoms with Crippen molar-refractivity contribution in [3.05, 3.63) is 0 Å². The second-order valence-corrected chi connectivity index (χ2v) is 2.58. The molecule has 1 aliphatic heterocycles. The van der Waals surface area contributed by atoms with E-state index in [0.29, 0.717) is 0 Å². The van der Waals surface area contributed by atoms with Crippen LogP contribution >= 0.6 is 12.4 Å². The average molecular weight is 206 g/mol. The topological polar surface area (TPSA) is 35.2 Å². The summed E-state index contributed by atoms with van der Waals surface area (Å²) in [5.74, 6) is -1.35. The molecular formula is C6H11ClF3NO. The third-order valence-corrected chi connectivity index (χ3v) is 1.86. The molecule has 1 saturated heterocycles. The monoisotopic (exact) mass is 205 g/mol. The molecule has 0 bridgehead atoms. The molecule has 74 valence electrons. The largest absolute Gasteiger partial charge is 0.394 e. The van der Waals surface area contributed by atoms with Gasteiger partial charge in [-0.25, -0.2) is 0 Å². The highest BCUT2D eigenvalue weighted by molar-refractivity contribution is 5.85. The van der Waals surface area contributed by atoms with E-state index in [1.807, 2.05) is 0 Å². The van der Waals surface area contributed by atoms with Crippen LogP contribution in [0, 0.1) is 5.92 Å². The minimum atomic E-state index is -4.15. The third kappa shape index (κ3) is 2.50. The fraction of sp³-hybridized carbons (Fsp3) is 1.00. The molecule has 0 unspecified atom stereocenters. The first kappa shape index (κ1) is 12.0. The molecule has 2 N–H and O–H groups in total. The molecule has 0 saturated carbocycles. The smallest absolute Gasteiger partial charge is 0.376 e. The lowest BCUT2D eigenvalue weighted by atomic mass is 10.0. The van der Waals surface area contributed by atoms with Gasteiger partial charge >= 0.3 is 6.18 Å². The number of ether oxygens (including phenoxy) is 1. The van der Waals surface area contributed by atoms with Crippen LogP contribution in [0.4, 0.5) is 13.2 Å². The van der Waals surface area contributed by atoms with E-state index in [0.717, 1.165) is 0 Å². The number of alkyl halides is 3. The van der Waals surface area contributed by atoms with E-state index in [1.54, 1.807) is 0 Å². The zero-order chi connectivity index (χ0) is 8.48. The number of hydrogen-bond donors (Lipinski definition) is 1. The Morgan fingerprint density at radius 1 is 1.42 bits per heavy atom. The molecule has 2 nitrogen and oxygen atoms in total. The molecular weight excluding hydrogens is 195 g/mol. The first-order chi connectivity index (χ1) is 5.05. The molecule has 12 heavy (non-hydrogen) atoms. The molecule has 1 heterocycles. The lowest BCUT2D eigenvalue weighted by molar-refractivity contribution is -0.185. The van der Waals surface area contributed by atoms with E-state index < -0.39 is 18.2 Å². The standard InChI is InChI=1S/C6H10F3NO.ClH/c7-6(8,9)4-1-2-11-5(4)3-10;/h4-5H,1-3,10H2;1H/t4-,5+;/m1./s1. The minimum Gasteiger partial charge on any atom is -0.376 e. The Kier molecular flexibility index (Phi) is 4.30. The van der Waals surface area contributed by atoms with Gasteiger partial charge in [0.25, 0.3) is 0 Å². The lowest BCUT2D eigenvalue weighted by Crippen LogP contribution is -2.35. The summed E-state index contributed by atoms with van der Waals surface area (Å²) in [4.78, 5) is 0. The van der Waals surface area contributed by atoms with Crippen LogP contribution in [0.5, 0.6) is 0 Å². The van der Waals surface area contributed by atoms with Gasteiger partial charge in [-0.1, -0.05) is 0 Å². The van der Waals surface area contributed by atoms with Crippen molar-refractivity contribution in [1.82, 2.24) is 0 Å². The maximum absolute atomic E-state index is 12.1. The van der Waals surface area contributed by atoms with Crippen LogP contribution in [0.25, 0.3) is 0 Å². The lowest BCUT2D eigenvalue weighted by Gasteiger charge is -2.19. The Morgan fingerprint density at radius 2 is 2.00 bits per heavy atom. The maximum Gasteiger partial charge on any atom is 0.394 e. The van der Waals surface area contributed by atoms with E-state index in [2.05, 4.69) is 0 Å². The third-order valence-electron chi connectivity index (χ3n) is 1.86. The summed E-state index contributed by atoms with van der Waals surface area (Å²) in [5.41, 5.74) is 5.10. The highest BCUT2D eigenvalue weighted by atomic mass is 35.5. The van der Waals surface area contributed by atoms with Crippen molar-refractivity contribution in [3.63, 3.8) is 0 Å². The van der Waals surface area contributed by atoms with Crippen LogP contribution in [0.2, 0.25) is 0 Å². The van der Waals surface area contributed by atoms with Crippen molar-refractivity contribution >= 4 is 12.4 Å². The zero-order valence-electron chi connectivity index (χ0n) is 6.30. The van der Waals surface area contributed by atoms with Gasteiger partial charge in [0.15, 0.2) is 0 Å². The van der Waals surface area contributed by atoms with Gasteiger partial charge in [-0.05, 0) is 6.42 Å². The molecule has 6 heteroatoms. The molecule has 1 fully saturated rings.